The van der Waals surface area contributed by atoms with Crippen LogP contribution >= 0.6 is 0 Å². The Labute approximate surface area is 179 Å². The Hall–Kier alpha value is -4.11. The highest BCUT2D eigenvalue weighted by molar-refractivity contribution is 6.22. The number of fused-ring (bicyclic) bond motifs is 5. The first kappa shape index (κ1) is 17.7. The molecule has 0 saturated heterocycles. The predicted molar refractivity (Wildman–Crippen MR) is 127 cm³/mol. The monoisotopic (exact) mass is 400 g/mol. The third-order valence-corrected chi connectivity index (χ3v) is 6.04. The number of aryl methyl sites for hydroxylation is 1. The van der Waals surface area contributed by atoms with E-state index in [0.29, 0.717) is 5.56 Å². The maximum Gasteiger partial charge on any atom is 0.262 e. The number of aromatic nitrogens is 2. The highest BCUT2D eigenvalue weighted by Gasteiger charge is 2.20. The van der Waals surface area contributed by atoms with Gasteiger partial charge in [0.1, 0.15) is 0 Å². The summed E-state index contributed by atoms with van der Waals surface area (Å²) < 4.78 is 4.06. The van der Waals surface area contributed by atoms with E-state index in [1.54, 1.807) is 0 Å². The Morgan fingerprint density at radius 3 is 2.19 bits per heavy atom. The molecule has 3 heteroatoms. The van der Waals surface area contributed by atoms with Gasteiger partial charge >= 0.3 is 0 Å². The highest BCUT2D eigenvalue weighted by atomic mass is 16.2. The maximum atomic E-state index is 13.7. The summed E-state index contributed by atoms with van der Waals surface area (Å²) in [5.41, 5.74) is 5.90. The number of hydrogen-bond acceptors (Lipinski definition) is 1. The van der Waals surface area contributed by atoms with Crippen LogP contribution in [0.15, 0.2) is 103 Å². The minimum absolute atomic E-state index is 0.00818. The van der Waals surface area contributed by atoms with E-state index in [-0.39, 0.29) is 5.91 Å². The van der Waals surface area contributed by atoms with Crippen molar-refractivity contribution in [3.63, 3.8) is 0 Å². The van der Waals surface area contributed by atoms with Crippen molar-refractivity contribution in [2.45, 2.75) is 6.92 Å². The van der Waals surface area contributed by atoms with Gasteiger partial charge in [0.2, 0.25) is 0 Å². The van der Waals surface area contributed by atoms with Gasteiger partial charge in [-0.3, -0.25) is 9.36 Å². The first-order chi connectivity index (χ1) is 15.2. The Bertz CT molecular complexity index is 1590. The van der Waals surface area contributed by atoms with Gasteiger partial charge in [-0.15, -0.1) is 0 Å². The van der Waals surface area contributed by atoms with Gasteiger partial charge in [0.05, 0.1) is 16.6 Å². The van der Waals surface area contributed by atoms with Gasteiger partial charge < -0.3 is 4.57 Å². The molecule has 3 nitrogen and oxygen atoms in total. The average Bonchev–Trinajstić information content (AvgIpc) is 3.39. The lowest BCUT2D eigenvalue weighted by Crippen LogP contribution is -2.11. The summed E-state index contributed by atoms with van der Waals surface area (Å²) in [6, 6.07) is 32.6. The minimum atomic E-state index is -0.00818. The first-order valence-electron chi connectivity index (χ1n) is 10.4. The number of para-hydroxylation sites is 2. The maximum absolute atomic E-state index is 13.7. The van der Waals surface area contributed by atoms with Gasteiger partial charge in [-0.25, -0.2) is 0 Å². The van der Waals surface area contributed by atoms with E-state index in [1.165, 1.54) is 0 Å². The molecule has 0 N–H and O–H groups in total. The van der Waals surface area contributed by atoms with Crippen LogP contribution in [-0.2, 0) is 0 Å². The third-order valence-electron chi connectivity index (χ3n) is 6.04. The van der Waals surface area contributed by atoms with Crippen LogP contribution in [0.5, 0.6) is 0 Å². The summed E-state index contributed by atoms with van der Waals surface area (Å²) in [5.74, 6) is -0.00818. The van der Waals surface area contributed by atoms with E-state index in [0.717, 1.165) is 44.0 Å². The first-order valence-corrected chi connectivity index (χ1v) is 10.4. The Balaban J connectivity index is 1.70. The molecule has 6 rings (SSSR count). The highest BCUT2D eigenvalue weighted by Crippen LogP contribution is 2.36. The summed E-state index contributed by atoms with van der Waals surface area (Å²) in [7, 11) is 0. The second-order valence-electron chi connectivity index (χ2n) is 7.94. The molecule has 0 aliphatic rings. The van der Waals surface area contributed by atoms with Crippen molar-refractivity contribution < 1.29 is 4.79 Å². The van der Waals surface area contributed by atoms with Crippen LogP contribution in [-0.4, -0.2) is 15.0 Å². The van der Waals surface area contributed by atoms with Gasteiger partial charge in [0, 0.05) is 33.6 Å². The fraction of sp³-hybridized carbons (Fsp3) is 0.0357. The third kappa shape index (κ3) is 2.63. The largest absolute Gasteiger partial charge is 0.316 e. The van der Waals surface area contributed by atoms with Crippen molar-refractivity contribution in [3.05, 3.63) is 114 Å². The van der Waals surface area contributed by atoms with Crippen molar-refractivity contribution in [2.24, 2.45) is 0 Å². The van der Waals surface area contributed by atoms with E-state index < -0.39 is 0 Å². The average molecular weight is 400 g/mol. The zero-order chi connectivity index (χ0) is 20.9. The normalized spacial score (nSPS) is 11.5. The van der Waals surface area contributed by atoms with Crippen molar-refractivity contribution in [1.29, 1.82) is 0 Å². The SMILES string of the molecule is Cc1ccc(C(=O)n2c3ccccc3c3ccc4c(ccn4-c4ccccc4)c32)cc1. The molecular formula is C28H20N2O. The minimum Gasteiger partial charge on any atom is -0.316 e. The van der Waals surface area contributed by atoms with E-state index in [2.05, 4.69) is 47.2 Å². The summed E-state index contributed by atoms with van der Waals surface area (Å²) in [6.45, 7) is 2.03. The molecular weight excluding hydrogens is 380 g/mol. The fourth-order valence-electron chi connectivity index (χ4n) is 4.53. The number of carbonyl (C=O) groups excluding carboxylic acids is 1. The van der Waals surface area contributed by atoms with Gasteiger partial charge in [-0.05, 0) is 49.4 Å². The Kier molecular flexibility index (Phi) is 3.84. The summed E-state index contributed by atoms with van der Waals surface area (Å²) >= 11 is 0. The van der Waals surface area contributed by atoms with E-state index in [1.807, 2.05) is 72.2 Å². The molecule has 2 aromatic heterocycles. The lowest BCUT2D eigenvalue weighted by molar-refractivity contribution is 0.0969. The smallest absolute Gasteiger partial charge is 0.262 e. The Morgan fingerprint density at radius 1 is 0.645 bits per heavy atom. The topological polar surface area (TPSA) is 26.9 Å². The molecule has 0 aliphatic heterocycles. The molecule has 6 aromatic rings. The predicted octanol–water partition coefficient (Wildman–Crippen LogP) is 6.74. The van der Waals surface area contributed by atoms with Crippen molar-refractivity contribution in [2.75, 3.05) is 0 Å². The molecule has 31 heavy (non-hydrogen) atoms. The second kappa shape index (κ2) is 6.71. The second-order valence-corrected chi connectivity index (χ2v) is 7.94. The molecule has 0 radical (unpaired) electrons. The molecule has 0 aliphatic carbocycles. The zero-order valence-electron chi connectivity index (χ0n) is 17.1. The quantitative estimate of drug-likeness (QED) is 0.316. The molecule has 0 atom stereocenters. The van der Waals surface area contributed by atoms with Crippen LogP contribution < -0.4 is 0 Å². The van der Waals surface area contributed by atoms with Gasteiger partial charge in [0.15, 0.2) is 0 Å². The zero-order valence-corrected chi connectivity index (χ0v) is 17.1. The fourth-order valence-corrected chi connectivity index (χ4v) is 4.53. The van der Waals surface area contributed by atoms with Crippen LogP contribution in [0.25, 0.3) is 38.4 Å². The molecule has 0 amide bonds. The molecule has 0 saturated carbocycles. The van der Waals surface area contributed by atoms with Gasteiger partial charge in [-0.1, -0.05) is 60.2 Å². The molecule has 0 fully saturated rings. The lowest BCUT2D eigenvalue weighted by atomic mass is 10.1. The van der Waals surface area contributed by atoms with Crippen LogP contribution in [0.3, 0.4) is 0 Å². The van der Waals surface area contributed by atoms with E-state index >= 15 is 0 Å². The molecule has 0 bridgehead atoms. The summed E-state index contributed by atoms with van der Waals surface area (Å²) in [6.07, 6.45) is 2.08. The van der Waals surface area contributed by atoms with Crippen LogP contribution in [0.4, 0.5) is 0 Å². The molecule has 0 unspecified atom stereocenters. The van der Waals surface area contributed by atoms with Gasteiger partial charge in [0.25, 0.3) is 5.91 Å². The summed E-state index contributed by atoms with van der Waals surface area (Å²) in [5, 5.41) is 3.25. The molecule has 4 aromatic carbocycles. The summed E-state index contributed by atoms with van der Waals surface area (Å²) in [4.78, 5) is 13.7. The van der Waals surface area contributed by atoms with Crippen molar-refractivity contribution in [3.8, 4) is 5.69 Å². The molecule has 0 spiro atoms. The standard InChI is InChI=1S/C28H20N2O/c1-19-11-13-20(14-12-19)28(31)30-26-10-6-5-9-22(26)23-15-16-25-24(27(23)30)17-18-29(25)21-7-3-2-4-8-21/h2-18H,1H3. The number of rotatable bonds is 2. The number of nitrogens with zero attached hydrogens (tertiary/aromatic N) is 2. The van der Waals surface area contributed by atoms with E-state index in [4.69, 9.17) is 0 Å². The molecule has 148 valence electrons. The number of carbonyl (C=O) groups is 1. The van der Waals surface area contributed by atoms with Gasteiger partial charge in [-0.2, -0.15) is 0 Å². The van der Waals surface area contributed by atoms with E-state index in [9.17, 15) is 4.79 Å². The van der Waals surface area contributed by atoms with Crippen LogP contribution in [0.2, 0.25) is 0 Å². The van der Waals surface area contributed by atoms with Crippen LogP contribution in [0.1, 0.15) is 15.9 Å². The lowest BCUT2D eigenvalue weighted by Gasteiger charge is -2.09. The van der Waals surface area contributed by atoms with Crippen molar-refractivity contribution in [1.82, 2.24) is 9.13 Å². The number of hydrogen-bond donors (Lipinski definition) is 0. The van der Waals surface area contributed by atoms with Crippen molar-refractivity contribution >= 4 is 38.6 Å². The molecule has 2 heterocycles. The number of benzene rings is 4. The van der Waals surface area contributed by atoms with Crippen LogP contribution in [0, 0.1) is 6.92 Å². The Morgan fingerprint density at radius 2 is 1.39 bits per heavy atom.